The minimum absolute atomic E-state index is 0. The number of halogens is 2. The molecule has 0 bridgehead atoms. The van der Waals surface area contributed by atoms with Gasteiger partial charge in [-0.25, -0.2) is 9.37 Å². The zero-order valence-corrected chi connectivity index (χ0v) is 19.1. The molecule has 0 aliphatic rings. The summed E-state index contributed by atoms with van der Waals surface area (Å²) in [7, 11) is 3.29. The summed E-state index contributed by atoms with van der Waals surface area (Å²) in [6, 6.07) is 17.7. The number of methoxy groups -OCH3 is 1. The number of rotatable bonds is 7. The van der Waals surface area contributed by atoms with Crippen LogP contribution in [0.3, 0.4) is 0 Å². The fraction of sp³-hybridized carbons (Fsp3) is 0.182. The molecule has 0 saturated carbocycles. The van der Waals surface area contributed by atoms with Crippen molar-refractivity contribution in [2.75, 3.05) is 14.2 Å². The smallest absolute Gasteiger partial charge is 0.219 e. The van der Waals surface area contributed by atoms with Crippen LogP contribution in [0.25, 0.3) is 0 Å². The van der Waals surface area contributed by atoms with E-state index in [1.165, 1.54) is 6.07 Å². The van der Waals surface area contributed by atoms with Crippen molar-refractivity contribution in [1.29, 1.82) is 0 Å². The summed E-state index contributed by atoms with van der Waals surface area (Å²) in [5, 5.41) is 6.27. The van der Waals surface area contributed by atoms with E-state index in [9.17, 15) is 4.39 Å². The molecule has 1 aromatic heterocycles. The van der Waals surface area contributed by atoms with Gasteiger partial charge in [0.1, 0.15) is 17.3 Å². The molecule has 0 atom stereocenters. The Bertz CT molecular complexity index is 950. The number of aliphatic imine (C=N–C) groups is 1. The Kier molecular flexibility index (Phi) is 9.33. The van der Waals surface area contributed by atoms with E-state index in [-0.39, 0.29) is 29.8 Å². The molecule has 6 nitrogen and oxygen atoms in total. The van der Waals surface area contributed by atoms with Crippen molar-refractivity contribution < 1.29 is 13.9 Å². The van der Waals surface area contributed by atoms with Gasteiger partial charge in [-0.2, -0.15) is 0 Å². The lowest BCUT2D eigenvalue weighted by Gasteiger charge is -2.12. The second-order valence-electron chi connectivity index (χ2n) is 6.15. The molecule has 0 amide bonds. The summed E-state index contributed by atoms with van der Waals surface area (Å²) in [5.74, 6) is 2.28. The first kappa shape index (κ1) is 23.4. The molecule has 2 aromatic carbocycles. The molecule has 0 radical (unpaired) electrons. The number of aromatic nitrogens is 1. The number of guanidine groups is 1. The number of hydrogen-bond donors (Lipinski definition) is 2. The Morgan fingerprint density at radius 3 is 2.30 bits per heavy atom. The quantitative estimate of drug-likeness (QED) is 0.272. The van der Waals surface area contributed by atoms with Gasteiger partial charge in [-0.3, -0.25) is 4.99 Å². The van der Waals surface area contributed by atoms with Crippen LogP contribution in [-0.4, -0.2) is 25.1 Å². The molecule has 0 spiro atoms. The maximum Gasteiger partial charge on any atom is 0.219 e. The molecular weight excluding hydrogens is 498 g/mol. The van der Waals surface area contributed by atoms with E-state index in [1.807, 2.05) is 30.3 Å². The third-order valence-corrected chi connectivity index (χ3v) is 4.17. The van der Waals surface area contributed by atoms with Crippen molar-refractivity contribution in [3.05, 3.63) is 83.8 Å². The summed E-state index contributed by atoms with van der Waals surface area (Å²) in [6.07, 6.45) is 1.73. The molecule has 3 rings (SSSR count). The van der Waals surface area contributed by atoms with E-state index in [1.54, 1.807) is 44.6 Å². The van der Waals surface area contributed by atoms with Gasteiger partial charge in [0.05, 0.1) is 7.11 Å². The van der Waals surface area contributed by atoms with E-state index in [0.717, 1.165) is 11.3 Å². The maximum absolute atomic E-state index is 13.7. The van der Waals surface area contributed by atoms with Crippen LogP contribution in [0.2, 0.25) is 0 Å². The molecule has 158 valence electrons. The summed E-state index contributed by atoms with van der Waals surface area (Å²) in [5.41, 5.74) is 1.54. The number of nitrogens with one attached hydrogen (secondary N) is 2. The van der Waals surface area contributed by atoms with Gasteiger partial charge in [0.15, 0.2) is 5.96 Å². The molecule has 0 unspecified atom stereocenters. The molecule has 30 heavy (non-hydrogen) atoms. The summed E-state index contributed by atoms with van der Waals surface area (Å²) in [4.78, 5) is 8.47. The second-order valence-corrected chi connectivity index (χ2v) is 6.15. The Labute approximate surface area is 192 Å². The summed E-state index contributed by atoms with van der Waals surface area (Å²) >= 11 is 0. The average Bonchev–Trinajstić information content (AvgIpc) is 2.76. The van der Waals surface area contributed by atoms with Gasteiger partial charge in [0, 0.05) is 38.0 Å². The highest BCUT2D eigenvalue weighted by Gasteiger charge is 2.04. The normalized spacial score (nSPS) is 10.7. The third kappa shape index (κ3) is 6.87. The van der Waals surface area contributed by atoms with E-state index >= 15 is 0 Å². The third-order valence-electron chi connectivity index (χ3n) is 4.17. The standard InChI is InChI=1S/C22H23FN4O2.HI/c1-24-22(27-15-17-5-3-4-6-20(17)23)26-14-16-7-12-21(25-13-16)29-19-10-8-18(28-2)9-11-19;/h3-13H,14-15H2,1-2H3,(H2,24,26,27);1H. The van der Waals surface area contributed by atoms with Crippen molar-refractivity contribution in [3.63, 3.8) is 0 Å². The topological polar surface area (TPSA) is 67.8 Å². The number of pyridine rings is 1. The number of ether oxygens (including phenoxy) is 2. The molecule has 0 fully saturated rings. The largest absolute Gasteiger partial charge is 0.497 e. The first-order valence-corrected chi connectivity index (χ1v) is 9.12. The Hall–Kier alpha value is -2.88. The molecule has 1 heterocycles. The molecule has 8 heteroatoms. The second kappa shape index (κ2) is 12.0. The van der Waals surface area contributed by atoms with Crippen LogP contribution in [0.4, 0.5) is 4.39 Å². The lowest BCUT2D eigenvalue weighted by atomic mass is 10.2. The van der Waals surface area contributed by atoms with Crippen LogP contribution >= 0.6 is 24.0 Å². The van der Waals surface area contributed by atoms with Crippen LogP contribution in [0.1, 0.15) is 11.1 Å². The van der Waals surface area contributed by atoms with Crippen LogP contribution in [0, 0.1) is 5.82 Å². The van der Waals surface area contributed by atoms with Crippen LogP contribution in [0.15, 0.2) is 71.9 Å². The molecule has 0 saturated heterocycles. The fourth-order valence-electron chi connectivity index (χ4n) is 2.57. The SMILES string of the molecule is CN=C(NCc1ccc(Oc2ccc(OC)cc2)nc1)NCc1ccccc1F.I. The van der Waals surface area contributed by atoms with Gasteiger partial charge in [-0.15, -0.1) is 24.0 Å². The number of hydrogen-bond acceptors (Lipinski definition) is 4. The van der Waals surface area contributed by atoms with Gasteiger partial charge in [0.2, 0.25) is 5.88 Å². The van der Waals surface area contributed by atoms with Gasteiger partial charge in [0.25, 0.3) is 0 Å². The van der Waals surface area contributed by atoms with Crippen molar-refractivity contribution >= 4 is 29.9 Å². The first-order chi connectivity index (χ1) is 14.2. The monoisotopic (exact) mass is 522 g/mol. The average molecular weight is 522 g/mol. The number of nitrogens with zero attached hydrogens (tertiary/aromatic N) is 2. The maximum atomic E-state index is 13.7. The van der Waals surface area contributed by atoms with Gasteiger partial charge < -0.3 is 20.1 Å². The van der Waals surface area contributed by atoms with Crippen molar-refractivity contribution in [3.8, 4) is 17.4 Å². The van der Waals surface area contributed by atoms with Crippen LogP contribution in [-0.2, 0) is 13.1 Å². The van der Waals surface area contributed by atoms with Crippen LogP contribution in [0.5, 0.6) is 17.4 Å². The van der Waals surface area contributed by atoms with E-state index in [0.29, 0.717) is 36.2 Å². The van der Waals surface area contributed by atoms with Crippen LogP contribution < -0.4 is 20.1 Å². The van der Waals surface area contributed by atoms with Crippen molar-refractivity contribution in [1.82, 2.24) is 15.6 Å². The molecular formula is C22H24FIN4O2. The Morgan fingerprint density at radius 1 is 0.967 bits per heavy atom. The van der Waals surface area contributed by atoms with Gasteiger partial charge >= 0.3 is 0 Å². The summed E-state index contributed by atoms with van der Waals surface area (Å²) < 4.78 is 24.5. The predicted octanol–water partition coefficient (Wildman–Crippen LogP) is 4.50. The molecule has 3 aromatic rings. The predicted molar refractivity (Wildman–Crippen MR) is 126 cm³/mol. The van der Waals surface area contributed by atoms with E-state index in [4.69, 9.17) is 9.47 Å². The minimum Gasteiger partial charge on any atom is -0.497 e. The number of benzene rings is 2. The molecule has 0 aliphatic carbocycles. The Balaban J connectivity index is 0.00000320. The lowest BCUT2D eigenvalue weighted by Crippen LogP contribution is -2.36. The van der Waals surface area contributed by atoms with Crippen molar-refractivity contribution in [2.45, 2.75) is 13.1 Å². The Morgan fingerprint density at radius 2 is 1.67 bits per heavy atom. The molecule has 0 aliphatic heterocycles. The van der Waals surface area contributed by atoms with Crippen molar-refractivity contribution in [2.24, 2.45) is 4.99 Å². The lowest BCUT2D eigenvalue weighted by molar-refractivity contribution is 0.412. The van der Waals surface area contributed by atoms with Gasteiger partial charge in [-0.05, 0) is 35.9 Å². The highest BCUT2D eigenvalue weighted by atomic mass is 127. The highest BCUT2D eigenvalue weighted by Crippen LogP contribution is 2.22. The van der Waals surface area contributed by atoms with E-state index < -0.39 is 0 Å². The van der Waals surface area contributed by atoms with Gasteiger partial charge in [-0.1, -0.05) is 24.3 Å². The first-order valence-electron chi connectivity index (χ1n) is 9.12. The zero-order chi connectivity index (χ0) is 20.5. The summed E-state index contributed by atoms with van der Waals surface area (Å²) in [6.45, 7) is 0.867. The van der Waals surface area contributed by atoms with E-state index in [2.05, 4.69) is 20.6 Å². The molecule has 2 N–H and O–H groups in total. The fourth-order valence-corrected chi connectivity index (χ4v) is 2.57. The zero-order valence-electron chi connectivity index (χ0n) is 16.8. The highest BCUT2D eigenvalue weighted by molar-refractivity contribution is 14.0. The minimum atomic E-state index is -0.243.